The molecule has 1 aliphatic rings. The van der Waals surface area contributed by atoms with Gasteiger partial charge in [-0.1, -0.05) is 121 Å². The smallest absolute Gasteiger partial charge is 0 e. The van der Waals surface area contributed by atoms with E-state index in [4.69, 9.17) is 37.4 Å². The Morgan fingerprint density at radius 3 is 0.885 bits per heavy atom. The number of ether oxygens (including phenoxy) is 2. The van der Waals surface area contributed by atoms with Gasteiger partial charge < -0.3 is 9.47 Å². The largest absolute Gasteiger partial charge is 0 e. The second-order valence-corrected chi connectivity index (χ2v) is 8.52. The van der Waals surface area contributed by atoms with Crippen LogP contribution in [-0.2, 0) is 81.7 Å². The summed E-state index contributed by atoms with van der Waals surface area (Å²) in [5.41, 5.74) is 4.13. The summed E-state index contributed by atoms with van der Waals surface area (Å²) in [5, 5.41) is 0. The van der Waals surface area contributed by atoms with E-state index in [-0.39, 0.29) is 59.1 Å². The van der Waals surface area contributed by atoms with E-state index in [0.29, 0.717) is 33.8 Å². The third-order valence-electron chi connectivity index (χ3n) is 6.18. The Labute approximate surface area is 322 Å². The minimum absolute atomic E-state index is 0. The van der Waals surface area contributed by atoms with E-state index < -0.39 is 0 Å². The van der Waals surface area contributed by atoms with Gasteiger partial charge in [0.2, 0.25) is 0 Å². The summed E-state index contributed by atoms with van der Waals surface area (Å²) in [6.07, 6.45) is 0. The summed E-state index contributed by atoms with van der Waals surface area (Å²) in [5.74, 6) is 5.25. The van der Waals surface area contributed by atoms with Crippen LogP contribution in [0, 0.1) is 39.9 Å². The average Bonchev–Trinajstić information content (AvgIpc) is 3.23. The van der Waals surface area contributed by atoms with Crippen LogP contribution < -0.4 is 0 Å². The van der Waals surface area contributed by atoms with E-state index in [2.05, 4.69) is 51.8 Å². The molecule has 1 heterocycles. The second kappa shape index (κ2) is 35.2. The molecule has 0 bridgehead atoms. The Balaban J connectivity index is -0.000000749. The monoisotopic (exact) mass is 768 g/mol. The quantitative estimate of drug-likeness (QED) is 0.125. The van der Waals surface area contributed by atoms with Crippen molar-refractivity contribution in [3.8, 4) is 0 Å². The molecule has 4 aromatic rings. The van der Waals surface area contributed by atoms with Gasteiger partial charge in [-0.15, -0.1) is 0 Å². The normalized spacial score (nSPS) is 12.7. The molecule has 256 valence electrons. The molecule has 12 heteroatoms. The van der Waals surface area contributed by atoms with Crippen molar-refractivity contribution in [2.45, 2.75) is 0 Å². The fourth-order valence-corrected chi connectivity index (χ4v) is 4.49. The van der Waals surface area contributed by atoms with E-state index in [1.165, 1.54) is 0 Å². The first-order valence-electron chi connectivity index (χ1n) is 13.5. The maximum Gasteiger partial charge on any atom is 0 e. The SMILES string of the molecule is O=C=C(C1=C(\c2ccccc2)OCCO/C(c2ccccc2)=C\1C(=C=O)c1ccccc1)c1ccccc1.[C-]#[O+].[C-]#[O+].[C-]#[O+].[C-]#[O+].[C-]#[O+].[C-]#[O+].[Cr].[Cr]. The molecule has 0 radical (unpaired) electrons. The molecule has 0 fully saturated rings. The molecule has 0 amide bonds. The van der Waals surface area contributed by atoms with Gasteiger partial charge in [0.1, 0.15) is 36.6 Å². The molecule has 0 aromatic heterocycles. The van der Waals surface area contributed by atoms with Crippen molar-refractivity contribution >= 4 is 34.5 Å². The van der Waals surface area contributed by atoms with Crippen LogP contribution in [0.25, 0.3) is 22.7 Å². The topological polar surface area (TPSA) is 172 Å². The third kappa shape index (κ3) is 15.5. The number of carbonyl (C=O) groups excluding carboxylic acids is 2. The van der Waals surface area contributed by atoms with Crippen LogP contribution >= 0.6 is 0 Å². The van der Waals surface area contributed by atoms with E-state index in [0.717, 1.165) is 11.1 Å². The van der Waals surface area contributed by atoms with Gasteiger partial charge in [-0.3, -0.25) is 0 Å². The summed E-state index contributed by atoms with van der Waals surface area (Å²) in [6, 6.07) is 37.6. The van der Waals surface area contributed by atoms with Gasteiger partial charge in [0, 0.05) is 57.0 Å². The van der Waals surface area contributed by atoms with Crippen molar-refractivity contribution in [3.05, 3.63) is 195 Å². The summed E-state index contributed by atoms with van der Waals surface area (Å²) in [6.45, 7) is 27.5. The first kappa shape index (κ1) is 53.2. The second-order valence-electron chi connectivity index (χ2n) is 8.52. The number of allylic oxidation sites excluding steroid dienone is 4. The molecule has 5 rings (SSSR count). The fourth-order valence-electron chi connectivity index (χ4n) is 4.49. The Morgan fingerprint density at radius 2 is 0.654 bits per heavy atom. The maximum absolute atomic E-state index is 12.8. The molecule has 0 saturated carbocycles. The molecule has 0 saturated heterocycles. The van der Waals surface area contributed by atoms with Crippen molar-refractivity contribution in [2.24, 2.45) is 0 Å². The summed E-state index contributed by atoms with van der Waals surface area (Å²) in [4.78, 5) is 25.6. The Kier molecular flexibility index (Phi) is 36.0. The zero-order valence-corrected chi connectivity index (χ0v) is 29.4. The van der Waals surface area contributed by atoms with Crippen LogP contribution in [0.15, 0.2) is 132 Å². The van der Waals surface area contributed by atoms with Gasteiger partial charge in [-0.25, -0.2) is 9.59 Å². The van der Waals surface area contributed by atoms with Crippen molar-refractivity contribution in [1.82, 2.24) is 0 Å². The van der Waals surface area contributed by atoms with Crippen LogP contribution in [0.1, 0.15) is 22.3 Å². The summed E-state index contributed by atoms with van der Waals surface area (Å²) < 4.78 is 57.6. The van der Waals surface area contributed by atoms with E-state index >= 15 is 0 Å². The van der Waals surface area contributed by atoms with Gasteiger partial charge in [-0.05, 0) is 11.1 Å². The van der Waals surface area contributed by atoms with Crippen LogP contribution in [0.5, 0.6) is 0 Å². The predicted molar refractivity (Wildman–Crippen MR) is 173 cm³/mol. The zero-order valence-electron chi connectivity index (χ0n) is 26.9. The van der Waals surface area contributed by atoms with Crippen molar-refractivity contribution in [3.63, 3.8) is 0 Å². The molecule has 0 spiro atoms. The Bertz CT molecular complexity index is 1710. The van der Waals surface area contributed by atoms with Gasteiger partial charge in [0.15, 0.2) is 0 Å². The van der Waals surface area contributed by atoms with Crippen LogP contribution in [0.2, 0.25) is 0 Å². The molecule has 0 atom stereocenters. The molecule has 0 aliphatic carbocycles. The molecule has 0 N–H and O–H groups in total. The van der Waals surface area contributed by atoms with Crippen LogP contribution in [0.3, 0.4) is 0 Å². The molecular formula is C40H24Cr2O10. The number of rotatable bonds is 6. The molecular weight excluding hydrogens is 744 g/mol. The number of benzene rings is 4. The van der Waals surface area contributed by atoms with Gasteiger partial charge in [-0.2, -0.15) is 0 Å². The van der Waals surface area contributed by atoms with E-state index in [1.54, 1.807) is 0 Å². The van der Waals surface area contributed by atoms with Crippen LogP contribution in [0.4, 0.5) is 0 Å². The average molecular weight is 769 g/mol. The summed E-state index contributed by atoms with van der Waals surface area (Å²) >= 11 is 0. The van der Waals surface area contributed by atoms with E-state index in [1.807, 2.05) is 121 Å². The Morgan fingerprint density at radius 1 is 0.423 bits per heavy atom. The zero-order chi connectivity index (χ0) is 38.2. The van der Waals surface area contributed by atoms with Crippen molar-refractivity contribution < 1.29 is 81.7 Å². The minimum atomic E-state index is 0. The van der Waals surface area contributed by atoms with Crippen molar-refractivity contribution in [1.29, 1.82) is 0 Å². The molecule has 1 aliphatic heterocycles. The summed E-state index contributed by atoms with van der Waals surface area (Å²) in [7, 11) is 0. The molecule has 10 nitrogen and oxygen atoms in total. The van der Waals surface area contributed by atoms with Crippen LogP contribution in [-0.4, -0.2) is 25.1 Å². The third-order valence-corrected chi connectivity index (χ3v) is 6.18. The van der Waals surface area contributed by atoms with E-state index in [9.17, 15) is 9.59 Å². The van der Waals surface area contributed by atoms with Gasteiger partial charge in [0.05, 0.1) is 11.1 Å². The van der Waals surface area contributed by atoms with Gasteiger partial charge in [0.25, 0.3) is 0 Å². The molecule has 4 aromatic carbocycles. The maximum atomic E-state index is 12.8. The molecule has 0 unspecified atom stereocenters. The van der Waals surface area contributed by atoms with Gasteiger partial charge >= 0.3 is 67.8 Å². The number of hydrogen-bond donors (Lipinski definition) is 0. The van der Waals surface area contributed by atoms with Crippen molar-refractivity contribution in [2.75, 3.05) is 13.2 Å². The fraction of sp³-hybridized carbons (Fsp3) is 0.0500. The first-order chi connectivity index (χ1) is 24.8. The molecule has 52 heavy (non-hydrogen) atoms. The number of hydrogen-bond acceptors (Lipinski definition) is 4. The Hall–Kier alpha value is -5.64. The standard InChI is InChI=1S/C34H24O4.6CO.2Cr/c35-23-29(25-13-5-1-6-14-25)31-32(30(24-36)26-15-7-2-8-16-26)34(28-19-11-4-12-20-28)38-22-21-37-33(31)27-17-9-3-10-18-27;6*1-2;;/h1-20H,21-22H2;;;;;;;;/b33-31-,34-32-;;;;;;;;. The predicted octanol–water partition coefficient (Wildman–Crippen LogP) is 6.46. The minimum Gasteiger partial charge on any atom is 0 e. The first-order valence-corrected chi connectivity index (χ1v) is 13.5.